The van der Waals surface area contributed by atoms with Crippen LogP contribution in [0, 0.1) is 0 Å². The number of nitrogens with one attached hydrogen (secondary N) is 4. The van der Waals surface area contributed by atoms with Crippen LogP contribution >= 0.6 is 11.3 Å². The van der Waals surface area contributed by atoms with Crippen molar-refractivity contribution in [1.29, 1.82) is 0 Å². The van der Waals surface area contributed by atoms with Crippen molar-refractivity contribution < 1.29 is 4.79 Å². The van der Waals surface area contributed by atoms with Gasteiger partial charge in [0, 0.05) is 31.4 Å². The lowest BCUT2D eigenvalue weighted by Gasteiger charge is -2.14. The van der Waals surface area contributed by atoms with Crippen molar-refractivity contribution in [3.8, 4) is 11.4 Å². The summed E-state index contributed by atoms with van der Waals surface area (Å²) in [6.07, 6.45) is 2.71. The van der Waals surface area contributed by atoms with Gasteiger partial charge >= 0.3 is 6.03 Å². The Bertz CT molecular complexity index is 936. The number of hydrogen-bond donors (Lipinski definition) is 4. The van der Waals surface area contributed by atoms with Crippen LogP contribution in [0.2, 0.25) is 0 Å². The number of rotatable bonds is 4. The van der Waals surface area contributed by atoms with Gasteiger partial charge in [-0.2, -0.15) is 0 Å². The van der Waals surface area contributed by atoms with Crippen LogP contribution in [-0.4, -0.2) is 47.2 Å². The fourth-order valence-electron chi connectivity index (χ4n) is 2.88. The second-order valence-electron chi connectivity index (χ2n) is 6.00. The Hall–Kier alpha value is -2.78. The summed E-state index contributed by atoms with van der Waals surface area (Å²) in [5, 5.41) is 14.1. The van der Waals surface area contributed by atoms with Gasteiger partial charge < -0.3 is 16.0 Å². The molecule has 26 heavy (non-hydrogen) atoms. The highest BCUT2D eigenvalue weighted by atomic mass is 32.1. The first-order valence-electron chi connectivity index (χ1n) is 8.40. The van der Waals surface area contributed by atoms with Crippen LogP contribution in [-0.2, 0) is 0 Å². The number of fused-ring (bicyclic) bond motifs is 1. The number of pyridine rings is 1. The first-order valence-corrected chi connectivity index (χ1v) is 9.28. The molecule has 1 saturated heterocycles. The van der Waals surface area contributed by atoms with Gasteiger partial charge in [0.2, 0.25) is 0 Å². The Morgan fingerprint density at radius 1 is 1.35 bits per heavy atom. The molecule has 2 amide bonds. The van der Waals surface area contributed by atoms with Crippen molar-refractivity contribution in [1.82, 2.24) is 25.6 Å². The molecule has 1 aliphatic rings. The fourth-order valence-corrected chi connectivity index (χ4v) is 3.66. The van der Waals surface area contributed by atoms with E-state index in [9.17, 15) is 4.79 Å². The molecule has 0 saturated carbocycles. The van der Waals surface area contributed by atoms with E-state index in [-0.39, 0.29) is 6.03 Å². The molecule has 4 N–H and O–H groups in total. The molecule has 1 aliphatic heterocycles. The average Bonchev–Trinajstić information content (AvgIpc) is 3.33. The minimum atomic E-state index is -0.319. The Labute approximate surface area is 154 Å². The Balaban J connectivity index is 1.70. The van der Waals surface area contributed by atoms with E-state index in [0.29, 0.717) is 17.7 Å². The van der Waals surface area contributed by atoms with E-state index in [4.69, 9.17) is 4.98 Å². The van der Waals surface area contributed by atoms with E-state index < -0.39 is 0 Å². The molecule has 3 aromatic heterocycles. The number of thiophene rings is 1. The molecule has 8 nitrogen and oxygen atoms in total. The minimum absolute atomic E-state index is 0.319. The Morgan fingerprint density at radius 3 is 3.08 bits per heavy atom. The number of aromatic nitrogens is 3. The van der Waals surface area contributed by atoms with Gasteiger partial charge in [-0.3, -0.25) is 5.32 Å². The van der Waals surface area contributed by atoms with Crippen LogP contribution < -0.4 is 21.3 Å². The third-order valence-electron chi connectivity index (χ3n) is 4.19. The van der Waals surface area contributed by atoms with E-state index in [1.165, 1.54) is 0 Å². The summed E-state index contributed by atoms with van der Waals surface area (Å²) < 4.78 is 1.05. The van der Waals surface area contributed by atoms with Crippen molar-refractivity contribution in [2.75, 3.05) is 30.8 Å². The Kier molecular flexibility index (Phi) is 4.63. The van der Waals surface area contributed by atoms with Crippen molar-refractivity contribution in [3.63, 3.8) is 0 Å². The molecule has 9 heteroatoms. The summed E-state index contributed by atoms with van der Waals surface area (Å²) in [7, 11) is 1.56. The van der Waals surface area contributed by atoms with Gasteiger partial charge in [-0.05, 0) is 36.5 Å². The van der Waals surface area contributed by atoms with Crippen LogP contribution in [0.15, 0.2) is 29.8 Å². The standard InChI is InChI=1S/C17H19N7OS/c1-18-17(25)23-13-8-10(2-6-20-13)15-22-12-4-7-26-14(12)16(24-15)21-11-3-5-19-9-11/h2,4,6-8,11,19H,3,5,9H2,1H3,(H,21,22,24)(H2,18,20,23,25)/t11-/m1/s1. The summed E-state index contributed by atoms with van der Waals surface area (Å²) in [6, 6.07) is 5.65. The van der Waals surface area contributed by atoms with Crippen molar-refractivity contribution in [2.24, 2.45) is 0 Å². The third-order valence-corrected chi connectivity index (χ3v) is 5.10. The molecule has 4 rings (SSSR count). The third kappa shape index (κ3) is 3.44. The van der Waals surface area contributed by atoms with Crippen molar-refractivity contribution in [3.05, 3.63) is 29.8 Å². The van der Waals surface area contributed by atoms with Gasteiger partial charge in [0.25, 0.3) is 0 Å². The summed E-state index contributed by atoms with van der Waals surface area (Å²) in [4.78, 5) is 25.1. The molecule has 0 unspecified atom stereocenters. The number of urea groups is 1. The van der Waals surface area contributed by atoms with Crippen molar-refractivity contribution >= 4 is 39.2 Å². The number of anilines is 2. The molecule has 3 aromatic rings. The van der Waals surface area contributed by atoms with E-state index in [1.54, 1.807) is 30.6 Å². The SMILES string of the molecule is CNC(=O)Nc1cc(-c2nc(N[C@@H]3CCNC3)c3sccc3n2)ccn1. The highest BCUT2D eigenvalue weighted by Crippen LogP contribution is 2.30. The largest absolute Gasteiger partial charge is 0.365 e. The summed E-state index contributed by atoms with van der Waals surface area (Å²) >= 11 is 1.63. The maximum Gasteiger partial charge on any atom is 0.320 e. The first-order chi connectivity index (χ1) is 12.7. The molecule has 0 bridgehead atoms. The molecule has 1 atom stereocenters. The predicted molar refractivity (Wildman–Crippen MR) is 104 cm³/mol. The smallest absolute Gasteiger partial charge is 0.320 e. The summed E-state index contributed by atoms with van der Waals surface area (Å²) in [5.41, 5.74) is 1.71. The van der Waals surface area contributed by atoms with Gasteiger partial charge in [0.15, 0.2) is 5.82 Å². The molecule has 134 valence electrons. The molecule has 0 aromatic carbocycles. The highest BCUT2D eigenvalue weighted by molar-refractivity contribution is 7.17. The van der Waals surface area contributed by atoms with E-state index in [0.717, 1.165) is 41.1 Å². The van der Waals surface area contributed by atoms with Crippen molar-refractivity contribution in [2.45, 2.75) is 12.5 Å². The summed E-state index contributed by atoms with van der Waals surface area (Å²) in [6.45, 7) is 1.95. The first kappa shape index (κ1) is 16.7. The molecule has 0 aliphatic carbocycles. The van der Waals surface area contributed by atoms with Gasteiger partial charge in [-0.15, -0.1) is 11.3 Å². The fraction of sp³-hybridized carbons (Fsp3) is 0.294. The normalized spacial score (nSPS) is 16.6. The number of hydrogen-bond acceptors (Lipinski definition) is 7. The highest BCUT2D eigenvalue weighted by Gasteiger charge is 2.18. The topological polar surface area (TPSA) is 104 Å². The van der Waals surface area contributed by atoms with Crippen LogP contribution in [0.1, 0.15) is 6.42 Å². The molecule has 0 spiro atoms. The lowest BCUT2D eigenvalue weighted by atomic mass is 10.2. The van der Waals surface area contributed by atoms with Gasteiger partial charge in [0.05, 0.1) is 10.2 Å². The molecular formula is C17H19N7OS. The molecule has 0 radical (unpaired) electrons. The zero-order valence-corrected chi connectivity index (χ0v) is 15.1. The lowest BCUT2D eigenvalue weighted by molar-refractivity contribution is 0.254. The molecular weight excluding hydrogens is 350 g/mol. The van der Waals surface area contributed by atoms with Crippen LogP contribution in [0.3, 0.4) is 0 Å². The molecule has 1 fully saturated rings. The quantitative estimate of drug-likeness (QED) is 0.562. The van der Waals surface area contributed by atoms with Crippen LogP contribution in [0.5, 0.6) is 0 Å². The molecule has 4 heterocycles. The average molecular weight is 369 g/mol. The number of carbonyl (C=O) groups is 1. The number of nitrogens with zero attached hydrogens (tertiary/aromatic N) is 3. The monoisotopic (exact) mass is 369 g/mol. The van der Waals surface area contributed by atoms with Gasteiger partial charge in [-0.25, -0.2) is 19.7 Å². The van der Waals surface area contributed by atoms with E-state index >= 15 is 0 Å². The van der Waals surface area contributed by atoms with E-state index in [1.807, 2.05) is 17.5 Å². The second kappa shape index (κ2) is 7.22. The minimum Gasteiger partial charge on any atom is -0.365 e. The van der Waals surface area contributed by atoms with Gasteiger partial charge in [-0.1, -0.05) is 0 Å². The predicted octanol–water partition coefficient (Wildman–Crippen LogP) is 2.28. The zero-order valence-electron chi connectivity index (χ0n) is 14.2. The number of amides is 2. The summed E-state index contributed by atoms with van der Waals surface area (Å²) in [5.74, 6) is 1.91. The van der Waals surface area contributed by atoms with E-state index in [2.05, 4.69) is 31.2 Å². The lowest BCUT2D eigenvalue weighted by Crippen LogP contribution is -2.24. The Morgan fingerprint density at radius 2 is 2.27 bits per heavy atom. The van der Waals surface area contributed by atoms with Crippen LogP contribution in [0.25, 0.3) is 21.6 Å². The zero-order chi connectivity index (χ0) is 17.9. The maximum absolute atomic E-state index is 11.5. The second-order valence-corrected chi connectivity index (χ2v) is 6.91. The van der Waals surface area contributed by atoms with Gasteiger partial charge in [0.1, 0.15) is 11.6 Å². The maximum atomic E-state index is 11.5. The van der Waals surface area contributed by atoms with Crippen LogP contribution in [0.4, 0.5) is 16.4 Å². The number of carbonyl (C=O) groups excluding carboxylic acids is 1.